The lowest BCUT2D eigenvalue weighted by atomic mass is 10.2. The molecule has 2 aromatic rings. The van der Waals surface area contributed by atoms with Crippen LogP contribution in [-0.4, -0.2) is 23.9 Å². The summed E-state index contributed by atoms with van der Waals surface area (Å²) < 4.78 is 45.4. The Hall–Kier alpha value is -2.02. The van der Waals surface area contributed by atoms with Gasteiger partial charge in [-0.15, -0.1) is 0 Å². The van der Waals surface area contributed by atoms with Crippen molar-refractivity contribution in [2.75, 3.05) is 14.2 Å². The molecule has 108 valence electrons. The van der Waals surface area contributed by atoms with Crippen molar-refractivity contribution in [2.24, 2.45) is 0 Å². The second-order valence-corrected chi connectivity index (χ2v) is 4.16. The number of nitrogens with zero attached hydrogens (tertiary/aromatic N) is 2. The van der Waals surface area contributed by atoms with Gasteiger partial charge in [0, 0.05) is 12.1 Å². The van der Waals surface area contributed by atoms with Gasteiger partial charge in [-0.1, -0.05) is 0 Å². The minimum Gasteiger partial charge on any atom is -0.497 e. The van der Waals surface area contributed by atoms with Crippen LogP contribution in [0.1, 0.15) is 11.3 Å². The molecule has 2 rings (SSSR count). The van der Waals surface area contributed by atoms with E-state index < -0.39 is 11.9 Å². The molecule has 0 bridgehead atoms. The van der Waals surface area contributed by atoms with Gasteiger partial charge in [-0.3, -0.25) is 0 Å². The first kappa shape index (κ1) is 14.4. The molecule has 1 aromatic heterocycles. The van der Waals surface area contributed by atoms with E-state index in [-0.39, 0.29) is 12.1 Å². The predicted octanol–water partition coefficient (Wildman–Crippen LogP) is 2.62. The smallest absolute Gasteiger partial charge is 0.433 e. The highest BCUT2D eigenvalue weighted by Gasteiger charge is 2.38. The van der Waals surface area contributed by atoms with Crippen molar-refractivity contribution in [3.8, 4) is 11.4 Å². The Kier molecular flexibility index (Phi) is 3.99. The highest BCUT2D eigenvalue weighted by molar-refractivity contribution is 5.40. The van der Waals surface area contributed by atoms with E-state index in [1.807, 2.05) is 0 Å². The van der Waals surface area contributed by atoms with Gasteiger partial charge in [0.05, 0.1) is 19.0 Å². The maximum Gasteiger partial charge on any atom is 0.433 e. The van der Waals surface area contributed by atoms with E-state index in [0.29, 0.717) is 11.4 Å². The Morgan fingerprint density at radius 1 is 1.25 bits per heavy atom. The average molecular weight is 285 g/mol. The van der Waals surface area contributed by atoms with Crippen molar-refractivity contribution in [2.45, 2.75) is 12.7 Å². The Morgan fingerprint density at radius 3 is 2.40 bits per heavy atom. The van der Waals surface area contributed by atoms with Gasteiger partial charge in [0.1, 0.15) is 5.75 Å². The molecule has 1 N–H and O–H groups in total. The number of hydrogen-bond donors (Lipinski definition) is 1. The number of aromatic nitrogens is 2. The molecule has 0 saturated heterocycles. The van der Waals surface area contributed by atoms with Crippen molar-refractivity contribution >= 4 is 0 Å². The molecule has 1 heterocycles. The normalized spacial score (nSPS) is 11.7. The summed E-state index contributed by atoms with van der Waals surface area (Å²) in [5.41, 5.74) is -0.326. The lowest BCUT2D eigenvalue weighted by Crippen LogP contribution is -2.17. The van der Waals surface area contributed by atoms with Crippen molar-refractivity contribution in [3.05, 3.63) is 41.7 Å². The molecule has 0 amide bonds. The molecule has 0 aliphatic rings. The Balaban J connectivity index is 2.50. The molecule has 20 heavy (non-hydrogen) atoms. The number of alkyl halides is 3. The molecule has 0 unspecified atom stereocenters. The third-order valence-electron chi connectivity index (χ3n) is 2.80. The molecule has 4 nitrogen and oxygen atoms in total. The van der Waals surface area contributed by atoms with Gasteiger partial charge in [0.2, 0.25) is 0 Å². The second kappa shape index (κ2) is 5.54. The van der Waals surface area contributed by atoms with E-state index >= 15 is 0 Å². The van der Waals surface area contributed by atoms with E-state index in [1.54, 1.807) is 19.2 Å². The minimum atomic E-state index is -4.47. The summed E-state index contributed by atoms with van der Waals surface area (Å²) in [6, 6.07) is 6.25. The Labute approximate surface area is 114 Å². The third-order valence-corrected chi connectivity index (χ3v) is 2.80. The molecule has 0 atom stereocenters. The number of ether oxygens (including phenoxy) is 1. The predicted molar refractivity (Wildman–Crippen MR) is 67.9 cm³/mol. The maximum atomic E-state index is 13.2. The third kappa shape index (κ3) is 2.77. The summed E-state index contributed by atoms with van der Waals surface area (Å²) in [4.78, 5) is 0. The van der Waals surface area contributed by atoms with Crippen LogP contribution >= 0.6 is 0 Å². The highest BCUT2D eigenvalue weighted by Crippen LogP contribution is 2.33. The standard InChI is InChI=1S/C13H14F3N3O/c1-17-7-9-8-18-19(12(9)13(14,15)16)10-3-5-11(20-2)6-4-10/h3-6,8,17H,7H2,1-2H3. The summed E-state index contributed by atoms with van der Waals surface area (Å²) >= 11 is 0. The van der Waals surface area contributed by atoms with Crippen LogP contribution in [0.2, 0.25) is 0 Å². The largest absolute Gasteiger partial charge is 0.497 e. The molecular formula is C13H14F3N3O. The van der Waals surface area contributed by atoms with E-state index in [0.717, 1.165) is 4.68 Å². The van der Waals surface area contributed by atoms with Gasteiger partial charge in [0.25, 0.3) is 0 Å². The van der Waals surface area contributed by atoms with E-state index in [2.05, 4.69) is 10.4 Å². The fourth-order valence-electron chi connectivity index (χ4n) is 1.92. The summed E-state index contributed by atoms with van der Waals surface area (Å²) in [5, 5.41) is 6.55. The van der Waals surface area contributed by atoms with Crippen molar-refractivity contribution in [3.63, 3.8) is 0 Å². The molecular weight excluding hydrogens is 271 g/mol. The van der Waals surface area contributed by atoms with E-state index in [9.17, 15) is 13.2 Å². The number of halogens is 3. The SMILES string of the molecule is CNCc1cnn(-c2ccc(OC)cc2)c1C(F)(F)F. The zero-order valence-electron chi connectivity index (χ0n) is 11.0. The molecule has 0 radical (unpaired) electrons. The first-order valence-electron chi connectivity index (χ1n) is 5.90. The lowest BCUT2D eigenvalue weighted by Gasteiger charge is -2.13. The quantitative estimate of drug-likeness (QED) is 0.938. The Morgan fingerprint density at radius 2 is 1.90 bits per heavy atom. The van der Waals surface area contributed by atoms with Crippen LogP contribution in [0.25, 0.3) is 5.69 Å². The van der Waals surface area contributed by atoms with Crippen LogP contribution < -0.4 is 10.1 Å². The summed E-state index contributed by atoms with van der Waals surface area (Å²) in [6.45, 7) is 0.102. The first-order valence-corrected chi connectivity index (χ1v) is 5.90. The van der Waals surface area contributed by atoms with Crippen molar-refractivity contribution in [1.29, 1.82) is 0 Å². The monoisotopic (exact) mass is 285 g/mol. The molecule has 0 spiro atoms. The van der Waals surface area contributed by atoms with Crippen LogP contribution in [0.5, 0.6) is 5.75 Å². The molecule has 0 aliphatic carbocycles. The summed E-state index contributed by atoms with van der Waals surface area (Å²) in [7, 11) is 3.08. The topological polar surface area (TPSA) is 39.1 Å². The van der Waals surface area contributed by atoms with Crippen LogP contribution in [0.4, 0.5) is 13.2 Å². The van der Waals surface area contributed by atoms with Gasteiger partial charge in [-0.25, -0.2) is 4.68 Å². The van der Waals surface area contributed by atoms with Gasteiger partial charge >= 0.3 is 6.18 Å². The van der Waals surface area contributed by atoms with Gasteiger partial charge in [-0.05, 0) is 31.3 Å². The molecule has 7 heteroatoms. The van der Waals surface area contributed by atoms with Gasteiger partial charge in [-0.2, -0.15) is 18.3 Å². The number of hydrogen-bond acceptors (Lipinski definition) is 3. The fraction of sp³-hybridized carbons (Fsp3) is 0.308. The second-order valence-electron chi connectivity index (χ2n) is 4.16. The molecule has 0 saturated carbocycles. The van der Waals surface area contributed by atoms with Gasteiger partial charge < -0.3 is 10.1 Å². The number of nitrogens with one attached hydrogen (secondary N) is 1. The fourth-order valence-corrected chi connectivity index (χ4v) is 1.92. The van der Waals surface area contributed by atoms with Crippen LogP contribution in [0, 0.1) is 0 Å². The summed E-state index contributed by atoms with van der Waals surface area (Å²) in [5.74, 6) is 0.574. The minimum absolute atomic E-state index is 0.102. The number of benzene rings is 1. The van der Waals surface area contributed by atoms with Gasteiger partial charge in [0.15, 0.2) is 5.69 Å². The molecule has 0 aliphatic heterocycles. The van der Waals surface area contributed by atoms with Crippen molar-refractivity contribution < 1.29 is 17.9 Å². The van der Waals surface area contributed by atoms with E-state index in [4.69, 9.17) is 4.74 Å². The average Bonchev–Trinajstić information content (AvgIpc) is 2.83. The zero-order chi connectivity index (χ0) is 14.8. The summed E-state index contributed by atoms with van der Waals surface area (Å²) in [6.07, 6.45) is -3.24. The Bertz CT molecular complexity index is 576. The van der Waals surface area contributed by atoms with Crippen LogP contribution in [-0.2, 0) is 12.7 Å². The van der Waals surface area contributed by atoms with Crippen molar-refractivity contribution in [1.82, 2.24) is 15.1 Å². The molecule has 1 aromatic carbocycles. The lowest BCUT2D eigenvalue weighted by molar-refractivity contribution is -0.143. The number of methoxy groups -OCH3 is 1. The first-order chi connectivity index (χ1) is 9.47. The highest BCUT2D eigenvalue weighted by atomic mass is 19.4. The zero-order valence-corrected chi connectivity index (χ0v) is 11.0. The van der Waals surface area contributed by atoms with E-state index in [1.165, 1.54) is 25.4 Å². The number of rotatable bonds is 4. The van der Waals surface area contributed by atoms with Crippen LogP contribution in [0.3, 0.4) is 0 Å². The molecule has 0 fully saturated rings. The maximum absolute atomic E-state index is 13.2. The van der Waals surface area contributed by atoms with Crippen LogP contribution in [0.15, 0.2) is 30.5 Å².